The molecule has 0 unspecified atom stereocenters. The van der Waals surface area contributed by atoms with E-state index in [1.807, 2.05) is 6.92 Å². The van der Waals surface area contributed by atoms with E-state index in [-0.39, 0.29) is 42.2 Å². The van der Waals surface area contributed by atoms with Gasteiger partial charge in [-0.3, -0.25) is 9.69 Å². The molecule has 1 aromatic rings. The lowest BCUT2D eigenvalue weighted by Gasteiger charge is -2.34. The van der Waals surface area contributed by atoms with Gasteiger partial charge in [0.05, 0.1) is 11.4 Å². The molecule has 1 aliphatic heterocycles. The predicted octanol–water partition coefficient (Wildman–Crippen LogP) is 0.220. The number of aryl methyl sites for hydroxylation is 1. The van der Waals surface area contributed by atoms with Crippen LogP contribution in [0.1, 0.15) is 5.56 Å². The molecule has 0 atom stereocenters. The number of carbonyl (C=O) groups is 1. The summed E-state index contributed by atoms with van der Waals surface area (Å²) in [6, 6.07) is 6.77. The highest BCUT2D eigenvalue weighted by Gasteiger charge is 2.20. The van der Waals surface area contributed by atoms with Gasteiger partial charge in [-0.05, 0) is 19.1 Å². The molecule has 0 saturated carbocycles. The lowest BCUT2D eigenvalue weighted by molar-refractivity contribution is -0.131. The molecular formula is C15H26Cl2N4O3S. The molecule has 3 N–H and O–H groups in total. The Balaban J connectivity index is 0.00000288. The van der Waals surface area contributed by atoms with Crippen molar-refractivity contribution in [1.29, 1.82) is 0 Å². The molecule has 1 amide bonds. The first kappa shape index (κ1) is 24.1. The second-order valence-corrected chi connectivity index (χ2v) is 7.40. The monoisotopic (exact) mass is 412 g/mol. The molecule has 1 aliphatic rings. The van der Waals surface area contributed by atoms with E-state index >= 15 is 0 Å². The van der Waals surface area contributed by atoms with Crippen molar-refractivity contribution in [3.63, 3.8) is 0 Å². The van der Waals surface area contributed by atoms with Crippen molar-refractivity contribution >= 4 is 40.7 Å². The molecule has 0 radical (unpaired) electrons. The number of hydrogen-bond acceptors (Lipinski definition) is 5. The summed E-state index contributed by atoms with van der Waals surface area (Å²) in [6.07, 6.45) is 0. The number of rotatable bonds is 6. The first-order valence-corrected chi connectivity index (χ1v) is 9.17. The average molecular weight is 413 g/mol. The summed E-state index contributed by atoms with van der Waals surface area (Å²) in [5.41, 5.74) is 6.37. The van der Waals surface area contributed by atoms with E-state index in [4.69, 9.17) is 5.73 Å². The molecule has 2 rings (SSSR count). The Morgan fingerprint density at radius 3 is 2.20 bits per heavy atom. The number of amides is 1. The summed E-state index contributed by atoms with van der Waals surface area (Å²) in [4.78, 5) is 15.6. The number of halogens is 2. The number of nitrogens with zero attached hydrogens (tertiary/aromatic N) is 2. The number of hydrogen-bond donors (Lipinski definition) is 2. The van der Waals surface area contributed by atoms with Crippen molar-refractivity contribution in [2.75, 3.05) is 45.8 Å². The van der Waals surface area contributed by atoms with Crippen molar-refractivity contribution in [3.05, 3.63) is 29.8 Å². The van der Waals surface area contributed by atoms with Crippen molar-refractivity contribution in [1.82, 2.24) is 14.5 Å². The Labute approximate surface area is 161 Å². The Bertz CT molecular complexity index is 633. The normalized spacial score (nSPS) is 15.2. The second-order valence-electron chi connectivity index (χ2n) is 5.64. The third-order valence-electron chi connectivity index (χ3n) is 3.95. The summed E-state index contributed by atoms with van der Waals surface area (Å²) < 4.78 is 27.0. The van der Waals surface area contributed by atoms with Gasteiger partial charge < -0.3 is 10.6 Å². The molecule has 0 aliphatic carbocycles. The van der Waals surface area contributed by atoms with E-state index in [2.05, 4.69) is 9.62 Å². The summed E-state index contributed by atoms with van der Waals surface area (Å²) in [6.45, 7) is 5.67. The van der Waals surface area contributed by atoms with Gasteiger partial charge in [0.2, 0.25) is 15.9 Å². The molecule has 0 bridgehead atoms. The maximum Gasteiger partial charge on any atom is 0.240 e. The van der Waals surface area contributed by atoms with Crippen LogP contribution in [-0.4, -0.2) is 69.9 Å². The highest BCUT2D eigenvalue weighted by atomic mass is 35.5. The Morgan fingerprint density at radius 1 is 1.12 bits per heavy atom. The van der Waals surface area contributed by atoms with Crippen molar-refractivity contribution < 1.29 is 13.2 Å². The third-order valence-corrected chi connectivity index (χ3v) is 5.43. The van der Waals surface area contributed by atoms with Crippen molar-refractivity contribution in [2.45, 2.75) is 11.8 Å². The minimum absolute atomic E-state index is 0. The van der Waals surface area contributed by atoms with E-state index in [0.29, 0.717) is 26.2 Å². The second kappa shape index (κ2) is 10.9. The molecule has 7 nitrogen and oxygen atoms in total. The zero-order chi connectivity index (χ0) is 16.9. The number of benzene rings is 1. The fraction of sp³-hybridized carbons (Fsp3) is 0.533. The van der Waals surface area contributed by atoms with Crippen molar-refractivity contribution in [2.24, 2.45) is 5.73 Å². The largest absolute Gasteiger partial charge is 0.339 e. The smallest absolute Gasteiger partial charge is 0.240 e. The zero-order valence-corrected chi connectivity index (χ0v) is 16.6. The van der Waals surface area contributed by atoms with Gasteiger partial charge in [-0.2, -0.15) is 0 Å². The number of nitrogens with two attached hydrogens (primary N) is 1. The predicted molar refractivity (Wildman–Crippen MR) is 103 cm³/mol. The van der Waals surface area contributed by atoms with Crippen LogP contribution in [0.3, 0.4) is 0 Å². The SMILES string of the molecule is Cc1ccc(S(=O)(=O)NCCN2CCN(C(=O)CN)CC2)cc1.Cl.Cl. The Morgan fingerprint density at radius 2 is 1.68 bits per heavy atom. The minimum atomic E-state index is -3.46. The third kappa shape index (κ3) is 7.08. The van der Waals surface area contributed by atoms with Gasteiger partial charge in [0.15, 0.2) is 0 Å². The summed E-state index contributed by atoms with van der Waals surface area (Å²) in [7, 11) is -3.46. The van der Waals surface area contributed by atoms with E-state index in [1.54, 1.807) is 29.2 Å². The molecule has 10 heteroatoms. The topological polar surface area (TPSA) is 95.7 Å². The maximum absolute atomic E-state index is 12.2. The van der Waals surface area contributed by atoms with Crippen LogP contribution in [0.15, 0.2) is 29.2 Å². The molecule has 1 aromatic carbocycles. The summed E-state index contributed by atoms with van der Waals surface area (Å²) in [5, 5.41) is 0. The highest BCUT2D eigenvalue weighted by molar-refractivity contribution is 7.89. The van der Waals surface area contributed by atoms with E-state index in [1.165, 1.54) is 0 Å². The van der Waals surface area contributed by atoms with Crippen LogP contribution in [0, 0.1) is 6.92 Å². The van der Waals surface area contributed by atoms with Crippen LogP contribution >= 0.6 is 24.8 Å². The number of carbonyl (C=O) groups excluding carboxylic acids is 1. The van der Waals surface area contributed by atoms with Crippen LogP contribution in [0.4, 0.5) is 0 Å². The van der Waals surface area contributed by atoms with Crippen LogP contribution < -0.4 is 10.5 Å². The molecule has 1 saturated heterocycles. The van der Waals surface area contributed by atoms with E-state index in [0.717, 1.165) is 18.7 Å². The van der Waals surface area contributed by atoms with E-state index < -0.39 is 10.0 Å². The quantitative estimate of drug-likeness (QED) is 0.696. The lowest BCUT2D eigenvalue weighted by Crippen LogP contribution is -2.51. The average Bonchev–Trinajstić information content (AvgIpc) is 2.55. The fourth-order valence-electron chi connectivity index (χ4n) is 2.49. The lowest BCUT2D eigenvalue weighted by atomic mass is 10.2. The molecule has 25 heavy (non-hydrogen) atoms. The number of nitrogens with one attached hydrogen (secondary N) is 1. The highest BCUT2D eigenvalue weighted by Crippen LogP contribution is 2.09. The van der Waals surface area contributed by atoms with Crippen LogP contribution in [0.5, 0.6) is 0 Å². The minimum Gasteiger partial charge on any atom is -0.339 e. The Kier molecular flexibility index (Phi) is 10.6. The molecule has 0 spiro atoms. The first-order chi connectivity index (χ1) is 10.9. The van der Waals surface area contributed by atoms with Gasteiger partial charge in [-0.15, -0.1) is 24.8 Å². The summed E-state index contributed by atoms with van der Waals surface area (Å²) >= 11 is 0. The maximum atomic E-state index is 12.2. The fourth-order valence-corrected chi connectivity index (χ4v) is 3.51. The van der Waals surface area contributed by atoms with Crippen LogP contribution in [-0.2, 0) is 14.8 Å². The van der Waals surface area contributed by atoms with Gasteiger partial charge in [-0.25, -0.2) is 13.1 Å². The van der Waals surface area contributed by atoms with E-state index in [9.17, 15) is 13.2 Å². The number of sulfonamides is 1. The first-order valence-electron chi connectivity index (χ1n) is 7.69. The van der Waals surface area contributed by atoms with Crippen molar-refractivity contribution in [3.8, 4) is 0 Å². The van der Waals surface area contributed by atoms with Gasteiger partial charge in [0.25, 0.3) is 0 Å². The zero-order valence-electron chi connectivity index (χ0n) is 14.2. The molecule has 1 fully saturated rings. The molecule has 0 aromatic heterocycles. The van der Waals surface area contributed by atoms with Gasteiger partial charge in [0, 0.05) is 39.3 Å². The Hall–Kier alpha value is -0.900. The summed E-state index contributed by atoms with van der Waals surface area (Å²) in [5.74, 6) is -0.0373. The molecular weight excluding hydrogens is 387 g/mol. The van der Waals surface area contributed by atoms with Gasteiger partial charge in [-0.1, -0.05) is 17.7 Å². The van der Waals surface area contributed by atoms with Gasteiger partial charge in [0.1, 0.15) is 0 Å². The van der Waals surface area contributed by atoms with Gasteiger partial charge >= 0.3 is 0 Å². The van der Waals surface area contributed by atoms with Crippen LogP contribution in [0.2, 0.25) is 0 Å². The molecule has 1 heterocycles. The molecule has 144 valence electrons. The number of piperazine rings is 1. The standard InChI is InChI=1S/C15H24N4O3S.2ClH/c1-13-2-4-14(5-3-13)23(21,22)17-6-7-18-8-10-19(11-9-18)15(20)12-16;;/h2-5,17H,6-12,16H2,1H3;2*1H. The van der Waals surface area contributed by atoms with Crippen LogP contribution in [0.25, 0.3) is 0 Å².